The predicted octanol–water partition coefficient (Wildman–Crippen LogP) is 2.66. The normalized spacial score (nSPS) is 21.1. The zero-order valence-electron chi connectivity index (χ0n) is 15.3. The molecule has 1 aromatic carbocycles. The van der Waals surface area contributed by atoms with E-state index in [1.165, 1.54) is 24.0 Å². The van der Waals surface area contributed by atoms with Crippen LogP contribution in [-0.2, 0) is 11.3 Å². The number of morpholine rings is 1. The summed E-state index contributed by atoms with van der Waals surface area (Å²) in [7, 11) is 1.71. The summed E-state index contributed by atoms with van der Waals surface area (Å²) in [6.45, 7) is 5.24. The number of methoxy groups -OCH3 is 1. The van der Waals surface area contributed by atoms with E-state index in [1.807, 2.05) is 24.5 Å². The maximum atomic E-state index is 5.39. The van der Waals surface area contributed by atoms with Crippen LogP contribution >= 0.6 is 0 Å². The van der Waals surface area contributed by atoms with Gasteiger partial charge in [-0.15, -0.1) is 0 Å². The van der Waals surface area contributed by atoms with Gasteiger partial charge in [-0.2, -0.15) is 0 Å². The number of hydrogen-bond acceptors (Lipinski definition) is 6. The van der Waals surface area contributed by atoms with E-state index in [1.54, 1.807) is 7.11 Å². The summed E-state index contributed by atoms with van der Waals surface area (Å²) < 4.78 is 10.7. The number of nitrogens with zero attached hydrogens (tertiary/aromatic N) is 4. The van der Waals surface area contributed by atoms with Crippen LogP contribution in [0.25, 0.3) is 0 Å². The van der Waals surface area contributed by atoms with E-state index in [0.717, 1.165) is 51.1 Å². The monoisotopic (exact) mass is 354 g/mol. The third-order valence-electron chi connectivity index (χ3n) is 5.24. The molecule has 0 saturated carbocycles. The summed E-state index contributed by atoms with van der Waals surface area (Å²) in [6, 6.07) is 8.91. The fraction of sp³-hybridized carbons (Fsp3) is 0.500. The first-order valence-electron chi connectivity index (χ1n) is 9.35. The summed E-state index contributed by atoms with van der Waals surface area (Å²) in [4.78, 5) is 13.9. The molecule has 2 saturated heterocycles. The first-order chi connectivity index (χ1) is 12.8. The van der Waals surface area contributed by atoms with Crippen molar-refractivity contribution in [1.82, 2.24) is 14.9 Å². The van der Waals surface area contributed by atoms with Crippen LogP contribution in [0.5, 0.6) is 5.75 Å². The lowest BCUT2D eigenvalue weighted by atomic mass is 10.0. The van der Waals surface area contributed by atoms with E-state index in [-0.39, 0.29) is 0 Å². The Kier molecular flexibility index (Phi) is 5.32. The van der Waals surface area contributed by atoms with E-state index in [9.17, 15) is 0 Å². The minimum atomic E-state index is 0.458. The smallest absolute Gasteiger partial charge is 0.225 e. The lowest BCUT2D eigenvalue weighted by Gasteiger charge is -2.27. The number of ether oxygens (including phenoxy) is 2. The molecule has 2 aliphatic rings. The quantitative estimate of drug-likeness (QED) is 0.823. The summed E-state index contributed by atoms with van der Waals surface area (Å²) >= 11 is 0. The molecule has 6 heteroatoms. The third kappa shape index (κ3) is 3.81. The molecule has 0 radical (unpaired) electrons. The number of benzene rings is 1. The fourth-order valence-electron chi connectivity index (χ4n) is 3.81. The molecule has 1 atom stereocenters. The van der Waals surface area contributed by atoms with Gasteiger partial charge in [-0.1, -0.05) is 12.1 Å². The van der Waals surface area contributed by atoms with Crippen LogP contribution in [0.3, 0.4) is 0 Å². The van der Waals surface area contributed by atoms with Crippen molar-refractivity contribution in [3.63, 3.8) is 0 Å². The molecule has 26 heavy (non-hydrogen) atoms. The minimum Gasteiger partial charge on any atom is -0.497 e. The fourth-order valence-corrected chi connectivity index (χ4v) is 3.81. The molecule has 4 rings (SSSR count). The second kappa shape index (κ2) is 8.01. The Labute approximate surface area is 154 Å². The summed E-state index contributed by atoms with van der Waals surface area (Å²) in [5, 5.41) is 0. The highest BCUT2D eigenvalue weighted by molar-refractivity contribution is 5.31. The van der Waals surface area contributed by atoms with Gasteiger partial charge in [-0.25, -0.2) is 9.97 Å². The van der Waals surface area contributed by atoms with E-state index < -0.39 is 0 Å². The molecule has 2 aliphatic heterocycles. The summed E-state index contributed by atoms with van der Waals surface area (Å²) in [5.41, 5.74) is 2.52. The average molecular weight is 354 g/mol. The first kappa shape index (κ1) is 17.2. The molecule has 2 aromatic rings. The molecule has 0 bridgehead atoms. The molecular formula is C20H26N4O2. The van der Waals surface area contributed by atoms with Crippen molar-refractivity contribution in [2.24, 2.45) is 0 Å². The Morgan fingerprint density at radius 3 is 2.50 bits per heavy atom. The Morgan fingerprint density at radius 1 is 1.08 bits per heavy atom. The molecule has 0 aliphatic carbocycles. The Bertz CT molecular complexity index is 699. The van der Waals surface area contributed by atoms with Gasteiger partial charge in [0.1, 0.15) is 5.75 Å². The molecule has 6 nitrogen and oxygen atoms in total. The van der Waals surface area contributed by atoms with E-state index in [0.29, 0.717) is 6.04 Å². The van der Waals surface area contributed by atoms with Gasteiger partial charge in [0.25, 0.3) is 0 Å². The highest BCUT2D eigenvalue weighted by Gasteiger charge is 2.26. The largest absolute Gasteiger partial charge is 0.497 e. The molecule has 2 fully saturated rings. The predicted molar refractivity (Wildman–Crippen MR) is 100 cm³/mol. The van der Waals surface area contributed by atoms with Crippen LogP contribution in [0, 0.1) is 0 Å². The van der Waals surface area contributed by atoms with E-state index >= 15 is 0 Å². The van der Waals surface area contributed by atoms with Gasteiger partial charge < -0.3 is 14.4 Å². The van der Waals surface area contributed by atoms with Gasteiger partial charge in [-0.3, -0.25) is 4.90 Å². The van der Waals surface area contributed by atoms with Crippen molar-refractivity contribution >= 4 is 5.95 Å². The van der Waals surface area contributed by atoms with E-state index in [2.05, 4.69) is 31.9 Å². The molecule has 3 heterocycles. The Hall–Kier alpha value is -2.18. The number of likely N-dealkylation sites (tertiary alicyclic amines) is 1. The SMILES string of the molecule is COc1ccc(C2CCCN2Cc2cnc(N3CCOCC3)nc2)cc1. The number of anilines is 1. The van der Waals surface area contributed by atoms with E-state index in [4.69, 9.17) is 9.47 Å². The third-order valence-corrected chi connectivity index (χ3v) is 5.24. The van der Waals surface area contributed by atoms with Crippen LogP contribution in [0.15, 0.2) is 36.7 Å². The van der Waals surface area contributed by atoms with Gasteiger partial charge >= 0.3 is 0 Å². The van der Waals surface area contributed by atoms with Crippen molar-refractivity contribution in [3.8, 4) is 5.75 Å². The van der Waals surface area contributed by atoms with Gasteiger partial charge in [0.2, 0.25) is 5.95 Å². The second-order valence-electron chi connectivity index (χ2n) is 6.89. The average Bonchev–Trinajstić information content (AvgIpc) is 3.17. The molecule has 0 spiro atoms. The van der Waals surface area contributed by atoms with Gasteiger partial charge in [0, 0.05) is 43.6 Å². The van der Waals surface area contributed by atoms with Gasteiger partial charge in [0.05, 0.1) is 20.3 Å². The van der Waals surface area contributed by atoms with Crippen LogP contribution in [0.4, 0.5) is 5.95 Å². The highest BCUT2D eigenvalue weighted by Crippen LogP contribution is 2.33. The topological polar surface area (TPSA) is 50.7 Å². The standard InChI is InChI=1S/C20H26N4O2/c1-25-18-6-4-17(5-7-18)19-3-2-8-24(19)15-16-13-21-20(22-14-16)23-9-11-26-12-10-23/h4-7,13-14,19H,2-3,8-12,15H2,1H3. The maximum Gasteiger partial charge on any atom is 0.225 e. The van der Waals surface area contributed by atoms with Crippen LogP contribution < -0.4 is 9.64 Å². The summed E-state index contributed by atoms with van der Waals surface area (Å²) in [6.07, 6.45) is 6.37. The van der Waals surface area contributed by atoms with Gasteiger partial charge in [-0.05, 0) is 37.1 Å². The summed E-state index contributed by atoms with van der Waals surface area (Å²) in [5.74, 6) is 1.72. The molecular weight excluding hydrogens is 328 g/mol. The van der Waals surface area contributed by atoms with Crippen LogP contribution in [0.1, 0.15) is 30.0 Å². The molecule has 1 aromatic heterocycles. The zero-order chi connectivity index (χ0) is 17.8. The lowest BCUT2D eigenvalue weighted by molar-refractivity contribution is 0.122. The van der Waals surface area contributed by atoms with Gasteiger partial charge in [0.15, 0.2) is 0 Å². The lowest BCUT2D eigenvalue weighted by Crippen LogP contribution is -2.37. The zero-order valence-corrected chi connectivity index (χ0v) is 15.3. The highest BCUT2D eigenvalue weighted by atomic mass is 16.5. The number of aromatic nitrogens is 2. The Balaban J connectivity index is 1.42. The molecule has 0 amide bonds. The maximum absolute atomic E-state index is 5.39. The Morgan fingerprint density at radius 2 is 1.81 bits per heavy atom. The van der Waals surface area contributed by atoms with Crippen molar-refractivity contribution in [3.05, 3.63) is 47.8 Å². The van der Waals surface area contributed by atoms with Crippen LogP contribution in [-0.4, -0.2) is 54.8 Å². The van der Waals surface area contributed by atoms with Crippen molar-refractivity contribution in [1.29, 1.82) is 0 Å². The van der Waals surface area contributed by atoms with Crippen molar-refractivity contribution in [2.75, 3.05) is 44.9 Å². The first-order valence-corrected chi connectivity index (χ1v) is 9.35. The number of hydrogen-bond donors (Lipinski definition) is 0. The van der Waals surface area contributed by atoms with Crippen molar-refractivity contribution in [2.45, 2.75) is 25.4 Å². The molecule has 0 N–H and O–H groups in total. The van der Waals surface area contributed by atoms with Crippen LogP contribution in [0.2, 0.25) is 0 Å². The second-order valence-corrected chi connectivity index (χ2v) is 6.89. The van der Waals surface area contributed by atoms with Crippen molar-refractivity contribution < 1.29 is 9.47 Å². The number of rotatable bonds is 5. The molecule has 1 unspecified atom stereocenters. The minimum absolute atomic E-state index is 0.458. The molecule has 138 valence electrons.